The predicted octanol–water partition coefficient (Wildman–Crippen LogP) is 4.71. The van der Waals surface area contributed by atoms with Crippen molar-refractivity contribution in [1.29, 1.82) is 0 Å². The lowest BCUT2D eigenvalue weighted by Gasteiger charge is -2.34. The topological polar surface area (TPSA) is 43.8 Å². The highest BCUT2D eigenvalue weighted by Crippen LogP contribution is 2.29. The van der Waals surface area contributed by atoms with Crippen molar-refractivity contribution >= 4 is 17.5 Å². The molecule has 0 unspecified atom stereocenters. The summed E-state index contributed by atoms with van der Waals surface area (Å²) in [4.78, 5) is 17.4. The first kappa shape index (κ1) is 19.9. The lowest BCUT2D eigenvalue weighted by atomic mass is 9.97. The number of carbonyl (C=O) groups is 1. The molecular formula is C26H26N2O2. The number of rotatable bonds is 5. The van der Waals surface area contributed by atoms with Crippen LogP contribution in [-0.2, 0) is 0 Å². The summed E-state index contributed by atoms with van der Waals surface area (Å²) in [7, 11) is 2.15. The minimum Gasteiger partial charge on any atom is -0.508 e. The van der Waals surface area contributed by atoms with Crippen LogP contribution >= 0.6 is 0 Å². The van der Waals surface area contributed by atoms with Gasteiger partial charge in [0.15, 0.2) is 5.78 Å². The van der Waals surface area contributed by atoms with Crippen LogP contribution in [0.15, 0.2) is 78.9 Å². The van der Waals surface area contributed by atoms with Gasteiger partial charge in [0.05, 0.1) is 0 Å². The SMILES string of the molecule is CN1CCN(c2ccc(-c3ccccc3)c(C=CC(=O)c3ccc(O)cc3)c2)CC1. The lowest BCUT2D eigenvalue weighted by molar-refractivity contribution is 0.104. The van der Waals surface area contributed by atoms with Crippen LogP contribution in [0.2, 0.25) is 0 Å². The molecule has 3 aromatic rings. The van der Waals surface area contributed by atoms with E-state index in [2.05, 4.69) is 47.2 Å². The maximum absolute atomic E-state index is 12.6. The molecule has 0 spiro atoms. The van der Waals surface area contributed by atoms with Crippen molar-refractivity contribution in [1.82, 2.24) is 4.90 Å². The fourth-order valence-corrected chi connectivity index (χ4v) is 3.72. The summed E-state index contributed by atoms with van der Waals surface area (Å²) >= 11 is 0. The van der Waals surface area contributed by atoms with Gasteiger partial charge in [0.2, 0.25) is 0 Å². The Balaban J connectivity index is 1.66. The smallest absolute Gasteiger partial charge is 0.185 e. The molecule has 30 heavy (non-hydrogen) atoms. The second-order valence-corrected chi connectivity index (χ2v) is 7.67. The summed E-state index contributed by atoms with van der Waals surface area (Å²) in [5.41, 5.74) is 4.98. The number of carbonyl (C=O) groups excluding carboxylic acids is 1. The number of hydrogen-bond donors (Lipinski definition) is 1. The van der Waals surface area contributed by atoms with E-state index in [1.165, 1.54) is 17.8 Å². The van der Waals surface area contributed by atoms with Gasteiger partial charge in [0.1, 0.15) is 5.75 Å². The van der Waals surface area contributed by atoms with E-state index in [-0.39, 0.29) is 11.5 Å². The van der Waals surface area contributed by atoms with Crippen LogP contribution in [0, 0.1) is 0 Å². The molecule has 0 saturated carbocycles. The standard InChI is InChI=1S/C26H26N2O2/c1-27-15-17-28(18-16-27)23-10-13-25(20-5-3-2-4-6-20)22(19-23)9-14-26(30)21-7-11-24(29)12-8-21/h2-14,19,29H,15-18H2,1H3. The molecule has 4 rings (SSSR count). The average molecular weight is 399 g/mol. The Morgan fingerprint density at radius 1 is 0.900 bits per heavy atom. The molecule has 4 heteroatoms. The summed E-state index contributed by atoms with van der Waals surface area (Å²) in [5.74, 6) is 0.0702. The third-order valence-corrected chi connectivity index (χ3v) is 5.55. The van der Waals surface area contributed by atoms with Gasteiger partial charge in [0, 0.05) is 37.4 Å². The first-order valence-electron chi connectivity index (χ1n) is 10.2. The van der Waals surface area contributed by atoms with Crippen LogP contribution < -0.4 is 4.90 Å². The molecule has 3 aromatic carbocycles. The van der Waals surface area contributed by atoms with Gasteiger partial charge in [-0.2, -0.15) is 0 Å². The predicted molar refractivity (Wildman–Crippen MR) is 123 cm³/mol. The number of benzene rings is 3. The Kier molecular flexibility index (Phi) is 5.96. The summed E-state index contributed by atoms with van der Waals surface area (Å²) < 4.78 is 0. The quantitative estimate of drug-likeness (QED) is 0.499. The van der Waals surface area contributed by atoms with Crippen molar-refractivity contribution in [3.05, 3.63) is 90.0 Å². The van der Waals surface area contributed by atoms with E-state index in [1.54, 1.807) is 18.2 Å². The molecular weight excluding hydrogens is 372 g/mol. The van der Waals surface area contributed by atoms with Crippen molar-refractivity contribution in [2.45, 2.75) is 0 Å². The molecule has 4 nitrogen and oxygen atoms in total. The van der Waals surface area contributed by atoms with Gasteiger partial charge in [-0.1, -0.05) is 42.5 Å². The molecule has 1 N–H and O–H groups in total. The normalized spacial score (nSPS) is 14.9. The van der Waals surface area contributed by atoms with Crippen molar-refractivity contribution in [3.8, 4) is 16.9 Å². The number of phenolic OH excluding ortho intramolecular Hbond substituents is 1. The van der Waals surface area contributed by atoms with Crippen molar-refractivity contribution in [2.24, 2.45) is 0 Å². The van der Waals surface area contributed by atoms with E-state index in [4.69, 9.17) is 0 Å². The zero-order valence-corrected chi connectivity index (χ0v) is 17.2. The number of allylic oxidation sites excluding steroid dienone is 1. The molecule has 152 valence electrons. The van der Waals surface area contributed by atoms with Crippen LogP contribution in [0.3, 0.4) is 0 Å². The van der Waals surface area contributed by atoms with E-state index in [0.717, 1.165) is 42.9 Å². The summed E-state index contributed by atoms with van der Waals surface area (Å²) in [6.45, 7) is 4.09. The fourth-order valence-electron chi connectivity index (χ4n) is 3.72. The number of piperazine rings is 1. The first-order valence-corrected chi connectivity index (χ1v) is 10.2. The number of nitrogens with zero attached hydrogens (tertiary/aromatic N) is 2. The van der Waals surface area contributed by atoms with Gasteiger partial charge >= 0.3 is 0 Å². The van der Waals surface area contributed by atoms with E-state index in [1.807, 2.05) is 24.3 Å². The largest absolute Gasteiger partial charge is 0.508 e. The molecule has 0 radical (unpaired) electrons. The Labute approximate surface area is 177 Å². The van der Waals surface area contributed by atoms with Crippen LogP contribution in [0.25, 0.3) is 17.2 Å². The van der Waals surface area contributed by atoms with E-state index in [9.17, 15) is 9.90 Å². The van der Waals surface area contributed by atoms with Crippen molar-refractivity contribution in [3.63, 3.8) is 0 Å². The third kappa shape index (κ3) is 4.61. The van der Waals surface area contributed by atoms with E-state index in [0.29, 0.717) is 5.56 Å². The third-order valence-electron chi connectivity index (χ3n) is 5.55. The summed E-state index contributed by atoms with van der Waals surface area (Å²) in [6.07, 6.45) is 3.51. The van der Waals surface area contributed by atoms with Crippen LogP contribution in [0.1, 0.15) is 15.9 Å². The van der Waals surface area contributed by atoms with Gasteiger partial charge < -0.3 is 14.9 Å². The van der Waals surface area contributed by atoms with Gasteiger partial charge in [-0.3, -0.25) is 4.79 Å². The summed E-state index contributed by atoms with van der Waals surface area (Å²) in [6, 6.07) is 23.1. The first-order chi connectivity index (χ1) is 14.6. The highest BCUT2D eigenvalue weighted by atomic mass is 16.3. The molecule has 0 aliphatic carbocycles. The zero-order chi connectivity index (χ0) is 20.9. The van der Waals surface area contributed by atoms with Crippen LogP contribution in [0.4, 0.5) is 5.69 Å². The van der Waals surface area contributed by atoms with Crippen LogP contribution in [-0.4, -0.2) is 49.0 Å². The maximum atomic E-state index is 12.6. The Morgan fingerprint density at radius 2 is 1.60 bits per heavy atom. The Morgan fingerprint density at radius 3 is 2.30 bits per heavy atom. The number of ketones is 1. The van der Waals surface area contributed by atoms with Crippen molar-refractivity contribution in [2.75, 3.05) is 38.1 Å². The van der Waals surface area contributed by atoms with Gasteiger partial charge in [-0.25, -0.2) is 0 Å². The number of aromatic hydroxyl groups is 1. The van der Waals surface area contributed by atoms with Gasteiger partial charge in [-0.05, 0) is 66.2 Å². The molecule has 1 aliphatic rings. The molecule has 1 fully saturated rings. The number of anilines is 1. The maximum Gasteiger partial charge on any atom is 0.185 e. The van der Waals surface area contributed by atoms with Gasteiger partial charge in [0.25, 0.3) is 0 Å². The molecule has 1 aliphatic heterocycles. The minimum atomic E-state index is -0.0842. The number of hydrogen-bond acceptors (Lipinski definition) is 4. The second kappa shape index (κ2) is 8.97. The molecule has 1 heterocycles. The highest BCUT2D eigenvalue weighted by Gasteiger charge is 2.15. The zero-order valence-electron chi connectivity index (χ0n) is 17.2. The van der Waals surface area contributed by atoms with Crippen molar-refractivity contribution < 1.29 is 9.90 Å². The second-order valence-electron chi connectivity index (χ2n) is 7.67. The van der Waals surface area contributed by atoms with Gasteiger partial charge in [-0.15, -0.1) is 0 Å². The molecule has 1 saturated heterocycles. The molecule has 0 aromatic heterocycles. The number of likely N-dealkylation sites (N-methyl/N-ethyl adjacent to an activating group) is 1. The monoisotopic (exact) mass is 398 g/mol. The molecule has 0 atom stereocenters. The lowest BCUT2D eigenvalue weighted by Crippen LogP contribution is -2.44. The van der Waals surface area contributed by atoms with Crippen LogP contribution in [0.5, 0.6) is 5.75 Å². The Hall–Kier alpha value is -3.37. The number of phenols is 1. The van der Waals surface area contributed by atoms with E-state index < -0.39 is 0 Å². The minimum absolute atomic E-state index is 0.0842. The highest BCUT2D eigenvalue weighted by molar-refractivity contribution is 6.07. The molecule has 0 amide bonds. The van der Waals surface area contributed by atoms with E-state index >= 15 is 0 Å². The summed E-state index contributed by atoms with van der Waals surface area (Å²) in [5, 5.41) is 9.44. The Bertz CT molecular complexity index is 1030. The average Bonchev–Trinajstić information content (AvgIpc) is 2.79. The molecule has 0 bridgehead atoms. The fraction of sp³-hybridized carbons (Fsp3) is 0.192.